The van der Waals surface area contributed by atoms with Gasteiger partial charge in [-0.05, 0) is 53.1 Å². The highest BCUT2D eigenvalue weighted by Crippen LogP contribution is 2.45. The Labute approximate surface area is 333 Å². The number of benzene rings is 5. The molecule has 292 valence electrons. The lowest BCUT2D eigenvalue weighted by Gasteiger charge is -2.45. The summed E-state index contributed by atoms with van der Waals surface area (Å²) >= 11 is 0. The van der Waals surface area contributed by atoms with Gasteiger partial charge in [0.25, 0.3) is 0 Å². The van der Waals surface area contributed by atoms with Crippen molar-refractivity contribution >= 4 is 28.7 Å². The van der Waals surface area contributed by atoms with E-state index < -0.39 is 41.9 Å². The van der Waals surface area contributed by atoms with Crippen molar-refractivity contribution in [1.82, 2.24) is 19.5 Å². The number of ketones is 1. The average molecular weight is 778 g/mol. The lowest BCUT2D eigenvalue weighted by Crippen LogP contribution is -2.56. The van der Waals surface area contributed by atoms with Gasteiger partial charge in [0, 0.05) is 5.56 Å². The molecule has 13 nitrogen and oxygen atoms in total. The number of ether oxygens (including phenoxy) is 5. The number of rotatable bonds is 12. The number of nitrogens with two attached hydrogens (primary N) is 1. The third-order valence-electron chi connectivity index (χ3n) is 10.1. The molecular formula is C45H39N5O8. The maximum atomic E-state index is 13.9. The van der Waals surface area contributed by atoms with E-state index in [9.17, 15) is 14.7 Å². The molecule has 1 saturated heterocycles. The Morgan fingerprint density at radius 2 is 1.28 bits per heavy atom. The molecule has 1 fully saturated rings. The molecule has 7 aromatic rings. The van der Waals surface area contributed by atoms with Gasteiger partial charge in [0.1, 0.15) is 34.8 Å². The molecule has 8 rings (SSSR count). The van der Waals surface area contributed by atoms with Crippen molar-refractivity contribution in [2.24, 2.45) is 0 Å². The second kappa shape index (κ2) is 16.3. The molecule has 1 aliphatic heterocycles. The number of carbonyl (C=O) groups is 2. The number of esters is 1. The highest BCUT2D eigenvalue weighted by molar-refractivity contribution is 6.07. The van der Waals surface area contributed by atoms with Crippen molar-refractivity contribution in [3.05, 3.63) is 179 Å². The van der Waals surface area contributed by atoms with Gasteiger partial charge in [-0.25, -0.2) is 19.7 Å². The number of imidazole rings is 1. The number of aromatic nitrogens is 4. The predicted molar refractivity (Wildman–Crippen MR) is 213 cm³/mol. The van der Waals surface area contributed by atoms with Crippen LogP contribution < -0.4 is 15.2 Å². The summed E-state index contributed by atoms with van der Waals surface area (Å²) in [6, 6.07) is 41.6. The summed E-state index contributed by atoms with van der Waals surface area (Å²) in [4.78, 5) is 40.5. The van der Waals surface area contributed by atoms with Gasteiger partial charge in [-0.3, -0.25) is 9.36 Å². The third-order valence-corrected chi connectivity index (χ3v) is 10.1. The van der Waals surface area contributed by atoms with Gasteiger partial charge in [-0.15, -0.1) is 0 Å². The van der Waals surface area contributed by atoms with Crippen LogP contribution in [0.15, 0.2) is 146 Å². The highest BCUT2D eigenvalue weighted by atomic mass is 16.6. The topological polar surface area (TPSA) is 170 Å². The maximum absolute atomic E-state index is 13.9. The van der Waals surface area contributed by atoms with Crippen molar-refractivity contribution in [1.29, 1.82) is 0 Å². The molecule has 0 amide bonds. The summed E-state index contributed by atoms with van der Waals surface area (Å²) in [6.07, 6.45) is -3.80. The summed E-state index contributed by atoms with van der Waals surface area (Å²) in [5.74, 6) is -0.0585. The normalized spacial score (nSPS) is 18.1. The molecule has 2 aromatic heterocycles. The van der Waals surface area contributed by atoms with E-state index in [1.54, 1.807) is 74.9 Å². The summed E-state index contributed by atoms with van der Waals surface area (Å²) in [5, 5.41) is 12.4. The van der Waals surface area contributed by atoms with Crippen LogP contribution in [0.5, 0.6) is 11.5 Å². The van der Waals surface area contributed by atoms with E-state index in [-0.39, 0.29) is 35.0 Å². The zero-order chi connectivity index (χ0) is 40.2. The smallest absolute Gasteiger partial charge is 0.338 e. The second-order valence-electron chi connectivity index (χ2n) is 13.6. The van der Waals surface area contributed by atoms with Gasteiger partial charge >= 0.3 is 5.97 Å². The fraction of sp³-hybridized carbons (Fsp3) is 0.178. The maximum Gasteiger partial charge on any atom is 0.338 e. The number of nitrogens with zero attached hydrogens (tertiary/aromatic N) is 4. The SMILES string of the molecule is COc1ccc(C(O[C@@H]2CO[C@@H](n3cnc4c(N)nc(C(=O)c5ccccc5)nc43)[C@H](O)[C@@H]2OC(=O)c2ccccc2)(c2ccccc2)c2ccc(OC)cc2)cc1. The Morgan fingerprint density at radius 3 is 1.84 bits per heavy atom. The van der Waals surface area contributed by atoms with Crippen molar-refractivity contribution in [3.63, 3.8) is 0 Å². The van der Waals surface area contributed by atoms with Crippen LogP contribution in [0.1, 0.15) is 49.5 Å². The molecule has 3 N–H and O–H groups in total. The van der Waals surface area contributed by atoms with E-state index in [0.717, 1.165) is 16.7 Å². The zero-order valence-corrected chi connectivity index (χ0v) is 31.5. The minimum Gasteiger partial charge on any atom is -0.497 e. The molecule has 0 saturated carbocycles. The molecule has 0 unspecified atom stereocenters. The van der Waals surface area contributed by atoms with Gasteiger partial charge in [0.15, 0.2) is 23.8 Å². The Morgan fingerprint density at radius 1 is 0.741 bits per heavy atom. The average Bonchev–Trinajstić information content (AvgIpc) is 3.71. The monoisotopic (exact) mass is 777 g/mol. The van der Waals surface area contributed by atoms with Crippen molar-refractivity contribution in [3.8, 4) is 11.5 Å². The van der Waals surface area contributed by atoms with Crippen LogP contribution in [-0.4, -0.2) is 75.5 Å². The minimum atomic E-state index is -1.56. The Bertz CT molecular complexity index is 2470. The Kier molecular flexibility index (Phi) is 10.7. The lowest BCUT2D eigenvalue weighted by molar-refractivity contribution is -0.239. The number of aliphatic hydroxyl groups is 1. The number of methoxy groups -OCH3 is 2. The van der Waals surface area contributed by atoms with Crippen LogP contribution in [0.2, 0.25) is 0 Å². The van der Waals surface area contributed by atoms with E-state index in [1.807, 2.05) is 78.9 Å². The van der Waals surface area contributed by atoms with E-state index in [2.05, 4.69) is 15.0 Å². The highest BCUT2D eigenvalue weighted by Gasteiger charge is 2.49. The van der Waals surface area contributed by atoms with E-state index in [0.29, 0.717) is 17.1 Å². The number of carbonyl (C=O) groups excluding carboxylic acids is 2. The first-order chi connectivity index (χ1) is 28.3. The largest absolute Gasteiger partial charge is 0.497 e. The van der Waals surface area contributed by atoms with Gasteiger partial charge in [-0.1, -0.05) is 103 Å². The standard InChI is InChI=1S/C45H39N5O8/c1-54-33-22-18-31(19-23-33)45(30-16-10-5-11-17-30,32-20-24-34(55-2)25-21-32)58-35-26-56-43(38(52)39(35)57-44(53)29-14-8-4-9-15-29)50-27-47-36-40(46)48-41(49-42(36)50)37(51)28-12-6-3-7-13-28/h3-25,27,35,38-39,43,52H,26H2,1-2H3,(H2,46,48,49)/t35-,38-,39-,43-/m1/s1. The Balaban J connectivity index is 1.24. The van der Waals surface area contributed by atoms with Gasteiger partial charge in [-0.2, -0.15) is 0 Å². The number of fused-ring (bicyclic) bond motifs is 1. The fourth-order valence-electron chi connectivity index (χ4n) is 7.23. The van der Waals surface area contributed by atoms with E-state index in [1.165, 1.54) is 10.9 Å². The molecule has 58 heavy (non-hydrogen) atoms. The lowest BCUT2D eigenvalue weighted by atomic mass is 9.79. The minimum absolute atomic E-state index is 0.0341. The van der Waals surface area contributed by atoms with Gasteiger partial charge in [0.05, 0.1) is 32.7 Å². The van der Waals surface area contributed by atoms with Crippen molar-refractivity contribution in [2.75, 3.05) is 26.6 Å². The fourth-order valence-corrected chi connectivity index (χ4v) is 7.23. The number of aliphatic hydroxyl groups excluding tert-OH is 1. The number of hydrogen-bond donors (Lipinski definition) is 2. The van der Waals surface area contributed by atoms with Gasteiger partial charge < -0.3 is 34.5 Å². The zero-order valence-electron chi connectivity index (χ0n) is 31.5. The van der Waals surface area contributed by atoms with Crippen LogP contribution in [0.4, 0.5) is 5.82 Å². The third kappa shape index (κ3) is 7.13. The van der Waals surface area contributed by atoms with Crippen LogP contribution in [0.25, 0.3) is 11.2 Å². The molecule has 13 heteroatoms. The van der Waals surface area contributed by atoms with Gasteiger partial charge in [0.2, 0.25) is 11.6 Å². The van der Waals surface area contributed by atoms with E-state index in [4.69, 9.17) is 29.4 Å². The van der Waals surface area contributed by atoms with Crippen LogP contribution in [0, 0.1) is 0 Å². The van der Waals surface area contributed by atoms with Crippen LogP contribution in [-0.2, 0) is 19.8 Å². The molecule has 1 aliphatic rings. The molecule has 4 atom stereocenters. The molecule has 3 heterocycles. The predicted octanol–water partition coefficient (Wildman–Crippen LogP) is 6.15. The first-order valence-corrected chi connectivity index (χ1v) is 18.5. The summed E-state index contributed by atoms with van der Waals surface area (Å²) in [7, 11) is 3.18. The first-order valence-electron chi connectivity index (χ1n) is 18.5. The van der Waals surface area contributed by atoms with Crippen molar-refractivity contribution < 1.29 is 38.4 Å². The number of nitrogen functional groups attached to an aromatic ring is 1. The molecular weight excluding hydrogens is 739 g/mol. The van der Waals surface area contributed by atoms with Crippen LogP contribution in [0.3, 0.4) is 0 Å². The summed E-state index contributed by atoms with van der Waals surface area (Å²) in [5.41, 5.74) is 8.12. The number of anilines is 1. The molecule has 0 spiro atoms. The molecule has 0 radical (unpaired) electrons. The summed E-state index contributed by atoms with van der Waals surface area (Å²) < 4.78 is 32.5. The Hall–Kier alpha value is -6.93. The van der Waals surface area contributed by atoms with Crippen LogP contribution >= 0.6 is 0 Å². The second-order valence-corrected chi connectivity index (χ2v) is 13.6. The molecule has 0 aliphatic carbocycles. The molecule has 5 aromatic carbocycles. The number of hydrogen-bond acceptors (Lipinski definition) is 12. The summed E-state index contributed by atoms with van der Waals surface area (Å²) in [6.45, 7) is -0.175. The quantitative estimate of drug-likeness (QED) is 0.0826. The molecule has 0 bridgehead atoms. The van der Waals surface area contributed by atoms with E-state index >= 15 is 0 Å². The first kappa shape index (κ1) is 38.0. The van der Waals surface area contributed by atoms with Crippen molar-refractivity contribution in [2.45, 2.75) is 30.1 Å².